The summed E-state index contributed by atoms with van der Waals surface area (Å²) in [7, 11) is -25.8. The zero-order valence-electron chi connectivity index (χ0n) is 48.1. The van der Waals surface area contributed by atoms with E-state index in [1.54, 1.807) is 0 Å². The van der Waals surface area contributed by atoms with Crippen molar-refractivity contribution in [1.82, 2.24) is 0 Å². The van der Waals surface area contributed by atoms with Crippen LogP contribution in [0.25, 0.3) is 0 Å². The maximum absolute atomic E-state index is 13.0. The Morgan fingerprint density at radius 3 is 0.793 bits per heavy atom. The van der Waals surface area contributed by atoms with Crippen molar-refractivity contribution in [3.05, 3.63) is 0 Å². The molecule has 0 fully saturated rings. The van der Waals surface area contributed by atoms with Crippen LogP contribution in [0.2, 0.25) is 0 Å². The molecule has 0 aliphatic heterocycles. The van der Waals surface area contributed by atoms with Crippen molar-refractivity contribution >= 4 is 68.3 Å². The molecule has 40 nitrogen and oxygen atoms in total. The van der Waals surface area contributed by atoms with Crippen LogP contribution in [0.1, 0.15) is 0 Å². The normalized spacial score (nSPS) is 17.4. The second kappa shape index (κ2) is 55.9. The fraction of sp³-hybridized carbons (Fsp3) is 1.00. The van der Waals surface area contributed by atoms with Gasteiger partial charge in [0.25, 0.3) is 0 Å². The molecule has 524 valence electrons. The minimum Gasteiger partial charge on any atom is -0.385 e. The molecule has 0 aromatic heterocycles. The zero-order valence-corrected chi connectivity index (χ0v) is 55.1. The average molecular weight is 1440 g/mol. The molecule has 0 aromatic carbocycles. The Balaban J connectivity index is 4.57. The van der Waals surface area contributed by atoms with Crippen LogP contribution in [0.3, 0.4) is 0 Å². The minimum absolute atomic E-state index is 0.0138. The van der Waals surface area contributed by atoms with Crippen LogP contribution in [0, 0.1) is 0 Å². The number of nitrogens with two attached hydrogens (primary N) is 3. The SMILES string of the molecule is CP(=O)(O)OCCOCCOCCOCCOCCOCCOP(=O)(O)OC(COCN)COP(=O)(O)OC(COCN)COP(=O)(O)OC(COCN)COP(=O)(O)OCCOCCOCCOCCOCCOCCOP(=O)(O)OCSSCO. The molecular weight excluding hydrogens is 1350 g/mol. The maximum atomic E-state index is 13.0. The van der Waals surface area contributed by atoms with Gasteiger partial charge in [0.1, 0.15) is 24.3 Å². The van der Waals surface area contributed by atoms with E-state index in [9.17, 15) is 51.9 Å². The Morgan fingerprint density at radius 2 is 0.529 bits per heavy atom. The van der Waals surface area contributed by atoms with E-state index < -0.39 is 138 Å². The first-order valence-electron chi connectivity index (χ1n) is 26.0. The number of ether oxygens (including phenoxy) is 13. The second-order valence-electron chi connectivity index (χ2n) is 15.9. The van der Waals surface area contributed by atoms with Gasteiger partial charge in [0.15, 0.2) is 0 Å². The summed E-state index contributed by atoms with van der Waals surface area (Å²) in [4.78, 5) is 60.0. The summed E-state index contributed by atoms with van der Waals surface area (Å²) in [6.07, 6.45) is -4.87. The smallest absolute Gasteiger partial charge is 0.385 e. The van der Waals surface area contributed by atoms with Crippen LogP contribution in [0.4, 0.5) is 0 Å². The average Bonchev–Trinajstić information content (AvgIpc) is 3.67. The number of hydrogen-bond donors (Lipinski definition) is 10. The maximum Gasteiger partial charge on any atom is 0.473 e. The van der Waals surface area contributed by atoms with Gasteiger partial charge in [-0.3, -0.25) is 49.8 Å². The summed E-state index contributed by atoms with van der Waals surface area (Å²) in [6.45, 7) is -2.58. The Labute approximate surface area is 512 Å². The fourth-order valence-electron chi connectivity index (χ4n) is 5.21. The molecule has 0 bridgehead atoms. The highest BCUT2D eigenvalue weighted by Gasteiger charge is 2.36. The highest BCUT2D eigenvalue weighted by atomic mass is 33.1. The van der Waals surface area contributed by atoms with Crippen molar-refractivity contribution < 1.29 is 173 Å². The van der Waals surface area contributed by atoms with E-state index in [1.165, 1.54) is 0 Å². The number of rotatable bonds is 69. The van der Waals surface area contributed by atoms with E-state index in [1.807, 2.05) is 0 Å². The van der Waals surface area contributed by atoms with Crippen LogP contribution in [0.5, 0.6) is 0 Å². The number of aliphatic hydroxyl groups excluding tert-OH is 1. The van der Waals surface area contributed by atoms with Crippen molar-refractivity contribution in [1.29, 1.82) is 0 Å². The lowest BCUT2D eigenvalue weighted by molar-refractivity contribution is -0.0306. The number of phosphoric acid groups is 5. The van der Waals surface area contributed by atoms with Crippen molar-refractivity contribution in [3.63, 3.8) is 0 Å². The Morgan fingerprint density at radius 1 is 0.299 bits per heavy atom. The molecule has 0 rings (SSSR count). The van der Waals surface area contributed by atoms with E-state index in [0.717, 1.165) is 28.3 Å². The largest absolute Gasteiger partial charge is 0.473 e. The van der Waals surface area contributed by atoms with Crippen molar-refractivity contribution in [3.8, 4) is 0 Å². The van der Waals surface area contributed by atoms with E-state index >= 15 is 0 Å². The van der Waals surface area contributed by atoms with Crippen molar-refractivity contribution in [2.45, 2.75) is 18.3 Å². The lowest BCUT2D eigenvalue weighted by atomic mass is 10.4. The van der Waals surface area contributed by atoms with Gasteiger partial charge in [0, 0.05) is 6.66 Å². The molecule has 0 spiro atoms. The van der Waals surface area contributed by atoms with Gasteiger partial charge in [-0.2, -0.15) is 0 Å². The third-order valence-electron chi connectivity index (χ3n) is 8.76. The molecule has 87 heavy (non-hydrogen) atoms. The lowest BCUT2D eigenvalue weighted by Crippen LogP contribution is -2.29. The lowest BCUT2D eigenvalue weighted by Gasteiger charge is -2.25. The monoisotopic (exact) mass is 1440 g/mol. The highest BCUT2D eigenvalue weighted by Crippen LogP contribution is 2.50. The first-order chi connectivity index (χ1) is 41.4. The summed E-state index contributed by atoms with van der Waals surface area (Å²) in [5.74, 6) is -0.305. The van der Waals surface area contributed by atoms with Gasteiger partial charge in [0.2, 0.25) is 0 Å². The topological polar surface area (TPSA) is 544 Å². The molecule has 0 aliphatic rings. The van der Waals surface area contributed by atoms with Gasteiger partial charge in [-0.05, 0) is 0 Å². The molecule has 0 saturated carbocycles. The molecule has 0 saturated heterocycles. The summed E-state index contributed by atoms with van der Waals surface area (Å²) < 4.78 is 196. The molecule has 0 aliphatic carbocycles. The molecule has 0 aromatic rings. The third-order valence-corrected chi connectivity index (χ3v) is 16.3. The van der Waals surface area contributed by atoms with E-state index in [4.69, 9.17) is 129 Å². The molecule has 48 heteroatoms. The van der Waals surface area contributed by atoms with Gasteiger partial charge >= 0.3 is 46.7 Å². The van der Waals surface area contributed by atoms with Crippen LogP contribution in [-0.2, 0) is 139 Å². The molecule has 0 radical (unpaired) electrons. The number of phosphoric ester groups is 5. The van der Waals surface area contributed by atoms with Gasteiger partial charge in [-0.25, -0.2) is 22.8 Å². The summed E-state index contributed by atoms with van der Waals surface area (Å²) in [5, 5.41) is 8.65. The molecule has 0 heterocycles. The number of aliphatic hydroxyl groups is 1. The predicted molar refractivity (Wildman–Crippen MR) is 303 cm³/mol. The van der Waals surface area contributed by atoms with Crippen LogP contribution in [0.15, 0.2) is 0 Å². The summed E-state index contributed by atoms with van der Waals surface area (Å²) >= 11 is 0. The Kier molecular flexibility index (Phi) is 56.4. The molecule has 9 atom stereocenters. The summed E-state index contributed by atoms with van der Waals surface area (Å²) in [6, 6.07) is 0. The van der Waals surface area contributed by atoms with Crippen molar-refractivity contribution in [2.75, 3.05) is 237 Å². The quantitative estimate of drug-likeness (QED) is 0.0164. The van der Waals surface area contributed by atoms with E-state index in [2.05, 4.69) is 9.05 Å². The third kappa shape index (κ3) is 61.4. The molecule has 13 N–H and O–H groups in total. The molecular formula is C39H89N3O37P6S2. The van der Waals surface area contributed by atoms with Gasteiger partial charge in [-0.1, -0.05) is 21.6 Å². The second-order valence-corrected chi connectivity index (χ2v) is 27.3. The Bertz CT molecular complexity index is 1920. The highest BCUT2D eigenvalue weighted by molar-refractivity contribution is 8.76. The first kappa shape index (κ1) is 87.7. The van der Waals surface area contributed by atoms with Gasteiger partial charge in [-0.15, -0.1) is 0 Å². The van der Waals surface area contributed by atoms with Crippen LogP contribution >= 0.6 is 68.3 Å². The fourth-order valence-corrected chi connectivity index (χ4v) is 11.1. The summed E-state index contributed by atoms with van der Waals surface area (Å²) in [5.41, 5.74) is 16.1. The van der Waals surface area contributed by atoms with E-state index in [0.29, 0.717) is 13.2 Å². The van der Waals surface area contributed by atoms with Crippen LogP contribution in [-0.4, -0.2) is 290 Å². The van der Waals surface area contributed by atoms with Gasteiger partial charge < -0.3 is 118 Å². The van der Waals surface area contributed by atoms with Gasteiger partial charge in [0.05, 0.1) is 224 Å². The first-order valence-corrected chi connectivity index (χ1v) is 38.0. The van der Waals surface area contributed by atoms with Crippen molar-refractivity contribution in [2.24, 2.45) is 17.2 Å². The molecule has 9 unspecified atom stereocenters. The van der Waals surface area contributed by atoms with E-state index in [-0.39, 0.29) is 144 Å². The Hall–Kier alpha value is 0.720. The number of hydrogen-bond acceptors (Lipinski definition) is 36. The zero-order chi connectivity index (χ0) is 64.9. The molecule has 0 amide bonds. The standard InChI is InChI=1S/C39H89N3O37P6S2/c1-80(44,45)69-22-18-62-14-10-58-6-2-56-5-9-61-13-17-65-21-25-72-83(50,51)77-38(27-67-33-41)30-74-85(54,55)79-39(28-68-34-42)31-75-84(52,53)78-37(26-66-32-40)29-73-81(46,47)70-23-19-63-15-11-59-7-3-57-4-8-60-12-16-64-20-24-71-82(48,49)76-36-87-86-35-43/h37-39,43H,2-36,40-42H2,1H3,(H,44,45)(H,46,47)(H,48,49)(H,50,51)(H,52,53)(H,54,55). The minimum atomic E-state index is -5.22. The van der Waals surface area contributed by atoms with Crippen LogP contribution < -0.4 is 17.2 Å². The predicted octanol–water partition coefficient (Wildman–Crippen LogP) is -0.155.